The van der Waals surface area contributed by atoms with Gasteiger partial charge in [-0.25, -0.2) is 9.97 Å². The fourth-order valence-corrected chi connectivity index (χ4v) is 3.13. The van der Waals surface area contributed by atoms with Gasteiger partial charge in [0.05, 0.1) is 5.41 Å². The van der Waals surface area contributed by atoms with Crippen molar-refractivity contribution >= 4 is 11.9 Å². The third-order valence-corrected chi connectivity index (χ3v) is 4.69. The van der Waals surface area contributed by atoms with E-state index in [0.29, 0.717) is 24.6 Å². The van der Waals surface area contributed by atoms with Crippen molar-refractivity contribution in [2.75, 3.05) is 6.54 Å². The van der Waals surface area contributed by atoms with Crippen molar-refractivity contribution in [1.29, 1.82) is 0 Å². The number of aromatic nitrogens is 4. The maximum Gasteiger partial charge on any atom is 0.311 e. The minimum absolute atomic E-state index is 0.146. The molecule has 0 bridgehead atoms. The summed E-state index contributed by atoms with van der Waals surface area (Å²) in [5, 5.41) is 16.1. The van der Waals surface area contributed by atoms with E-state index < -0.39 is 11.4 Å². The number of aliphatic carboxylic acids is 1. The van der Waals surface area contributed by atoms with E-state index in [0.717, 1.165) is 19.3 Å². The molecule has 0 aliphatic heterocycles. The number of nitrogens with zero attached hydrogens (tertiary/aromatic N) is 4. The average molecular weight is 359 g/mol. The van der Waals surface area contributed by atoms with Crippen LogP contribution in [-0.2, 0) is 16.0 Å². The summed E-state index contributed by atoms with van der Waals surface area (Å²) in [4.78, 5) is 35.9. The lowest BCUT2D eigenvalue weighted by atomic mass is 9.74. The minimum atomic E-state index is -0.837. The van der Waals surface area contributed by atoms with Gasteiger partial charge in [0, 0.05) is 31.8 Å². The Morgan fingerprint density at radius 1 is 1.15 bits per heavy atom. The van der Waals surface area contributed by atoms with Crippen LogP contribution in [0.4, 0.5) is 0 Å². The van der Waals surface area contributed by atoms with E-state index in [1.54, 1.807) is 18.5 Å². The first-order valence-corrected chi connectivity index (χ1v) is 8.69. The van der Waals surface area contributed by atoms with Crippen LogP contribution in [0, 0.1) is 5.41 Å². The van der Waals surface area contributed by atoms with E-state index in [2.05, 4.69) is 25.4 Å². The molecule has 1 aliphatic carbocycles. The number of carbonyl (C=O) groups excluding carboxylic acids is 1. The lowest BCUT2D eigenvalue weighted by Crippen LogP contribution is -2.44. The van der Waals surface area contributed by atoms with Crippen molar-refractivity contribution in [2.24, 2.45) is 5.41 Å². The molecule has 9 nitrogen and oxygen atoms in total. The Kier molecular flexibility index (Phi) is 5.55. The summed E-state index contributed by atoms with van der Waals surface area (Å²) in [5.74, 6) is -0.122. The SMILES string of the molecule is O=C(CCc1nc(-c2ncccn2)no1)NCC1(C(=O)O)CCCCC1. The maximum absolute atomic E-state index is 12.1. The molecule has 2 N–H and O–H groups in total. The quantitative estimate of drug-likeness (QED) is 0.762. The summed E-state index contributed by atoms with van der Waals surface area (Å²) in [7, 11) is 0. The zero-order valence-electron chi connectivity index (χ0n) is 14.3. The maximum atomic E-state index is 12.1. The molecule has 1 fully saturated rings. The van der Waals surface area contributed by atoms with Crippen LogP contribution >= 0.6 is 0 Å². The van der Waals surface area contributed by atoms with E-state index >= 15 is 0 Å². The van der Waals surface area contributed by atoms with Crippen molar-refractivity contribution in [3.8, 4) is 11.6 Å². The zero-order valence-corrected chi connectivity index (χ0v) is 14.3. The van der Waals surface area contributed by atoms with E-state index in [1.165, 1.54) is 0 Å². The van der Waals surface area contributed by atoms with Gasteiger partial charge in [0.1, 0.15) is 0 Å². The van der Waals surface area contributed by atoms with Gasteiger partial charge in [-0.3, -0.25) is 9.59 Å². The van der Waals surface area contributed by atoms with Crippen molar-refractivity contribution in [2.45, 2.75) is 44.9 Å². The number of nitrogens with one attached hydrogen (secondary N) is 1. The number of carboxylic acid groups (broad SMARTS) is 1. The summed E-state index contributed by atoms with van der Waals surface area (Å²) in [6, 6.07) is 1.69. The topological polar surface area (TPSA) is 131 Å². The molecule has 26 heavy (non-hydrogen) atoms. The van der Waals surface area contributed by atoms with Crippen LogP contribution in [-0.4, -0.2) is 43.6 Å². The Balaban J connectivity index is 1.50. The van der Waals surface area contributed by atoms with Crippen LogP contribution in [0.2, 0.25) is 0 Å². The molecule has 2 heterocycles. The van der Waals surface area contributed by atoms with Crippen molar-refractivity contribution in [1.82, 2.24) is 25.4 Å². The predicted octanol–water partition coefficient (Wildman–Crippen LogP) is 1.61. The molecule has 0 aromatic carbocycles. The Bertz CT molecular complexity index is 756. The van der Waals surface area contributed by atoms with Gasteiger partial charge < -0.3 is 14.9 Å². The molecule has 1 saturated carbocycles. The molecule has 1 amide bonds. The third kappa shape index (κ3) is 4.22. The first-order valence-electron chi connectivity index (χ1n) is 8.69. The summed E-state index contributed by atoms with van der Waals surface area (Å²) in [6.07, 6.45) is 7.60. The van der Waals surface area contributed by atoms with E-state index in [9.17, 15) is 14.7 Å². The van der Waals surface area contributed by atoms with E-state index in [-0.39, 0.29) is 31.1 Å². The molecule has 0 spiro atoms. The Hall–Kier alpha value is -2.84. The summed E-state index contributed by atoms with van der Waals surface area (Å²) in [6.45, 7) is 0.161. The number of hydrogen-bond acceptors (Lipinski definition) is 7. The number of hydrogen-bond donors (Lipinski definition) is 2. The van der Waals surface area contributed by atoms with Crippen molar-refractivity contribution in [3.63, 3.8) is 0 Å². The summed E-state index contributed by atoms with van der Waals surface area (Å²) < 4.78 is 5.11. The minimum Gasteiger partial charge on any atom is -0.481 e. The van der Waals surface area contributed by atoms with Crippen LogP contribution in [0.1, 0.15) is 44.4 Å². The van der Waals surface area contributed by atoms with E-state index in [4.69, 9.17) is 4.52 Å². The smallest absolute Gasteiger partial charge is 0.311 e. The fraction of sp³-hybridized carbons (Fsp3) is 0.529. The first kappa shape index (κ1) is 18.0. The van der Waals surface area contributed by atoms with Gasteiger partial charge >= 0.3 is 5.97 Å². The number of amides is 1. The van der Waals surface area contributed by atoms with Gasteiger partial charge in [-0.05, 0) is 18.9 Å². The second kappa shape index (κ2) is 8.03. The van der Waals surface area contributed by atoms with Crippen LogP contribution in [0.3, 0.4) is 0 Å². The molecular weight excluding hydrogens is 338 g/mol. The lowest BCUT2D eigenvalue weighted by molar-refractivity contribution is -0.151. The number of rotatable bonds is 7. The second-order valence-corrected chi connectivity index (χ2v) is 6.51. The molecule has 138 valence electrons. The monoisotopic (exact) mass is 359 g/mol. The highest BCUT2D eigenvalue weighted by Gasteiger charge is 2.39. The predicted molar refractivity (Wildman–Crippen MR) is 89.8 cm³/mol. The molecule has 0 unspecified atom stereocenters. The molecule has 0 atom stereocenters. The van der Waals surface area contributed by atoms with Crippen LogP contribution < -0.4 is 5.32 Å². The van der Waals surface area contributed by atoms with Crippen molar-refractivity contribution < 1.29 is 19.2 Å². The van der Waals surface area contributed by atoms with Crippen LogP contribution in [0.15, 0.2) is 23.0 Å². The van der Waals surface area contributed by atoms with Gasteiger partial charge in [-0.1, -0.05) is 24.4 Å². The van der Waals surface area contributed by atoms with Gasteiger partial charge in [-0.2, -0.15) is 4.98 Å². The Morgan fingerprint density at radius 2 is 1.88 bits per heavy atom. The van der Waals surface area contributed by atoms with Gasteiger partial charge in [0.15, 0.2) is 0 Å². The number of carbonyl (C=O) groups is 2. The number of carboxylic acids is 1. The molecule has 0 saturated heterocycles. The summed E-state index contributed by atoms with van der Waals surface area (Å²) >= 11 is 0. The largest absolute Gasteiger partial charge is 0.481 e. The molecule has 2 aromatic rings. The second-order valence-electron chi connectivity index (χ2n) is 6.51. The molecule has 1 aliphatic rings. The Morgan fingerprint density at radius 3 is 2.58 bits per heavy atom. The van der Waals surface area contributed by atoms with Crippen LogP contribution in [0.5, 0.6) is 0 Å². The van der Waals surface area contributed by atoms with Gasteiger partial charge in [-0.15, -0.1) is 0 Å². The molecule has 9 heteroatoms. The first-order chi connectivity index (χ1) is 12.6. The molecule has 3 rings (SSSR count). The summed E-state index contributed by atoms with van der Waals surface area (Å²) in [5.41, 5.74) is -0.837. The Labute approximate surface area is 150 Å². The van der Waals surface area contributed by atoms with Crippen molar-refractivity contribution in [3.05, 3.63) is 24.4 Å². The fourth-order valence-electron chi connectivity index (χ4n) is 3.13. The third-order valence-electron chi connectivity index (χ3n) is 4.69. The highest BCUT2D eigenvalue weighted by molar-refractivity contribution is 5.79. The standard InChI is InChI=1S/C17H21N5O4/c23-12(20-11-17(16(24)25)7-2-1-3-8-17)5-6-13-21-15(22-26-13)14-18-9-4-10-19-14/h4,9-10H,1-3,5-8,11H2,(H,20,23)(H,24,25). The van der Waals surface area contributed by atoms with Gasteiger partial charge in [0.25, 0.3) is 0 Å². The molecule has 0 radical (unpaired) electrons. The highest BCUT2D eigenvalue weighted by Crippen LogP contribution is 2.36. The average Bonchev–Trinajstić information content (AvgIpc) is 3.15. The van der Waals surface area contributed by atoms with E-state index in [1.807, 2.05) is 0 Å². The van der Waals surface area contributed by atoms with Crippen LogP contribution in [0.25, 0.3) is 11.6 Å². The molecular formula is C17H21N5O4. The normalized spacial score (nSPS) is 16.2. The number of aryl methyl sites for hydroxylation is 1. The molecule has 2 aromatic heterocycles. The lowest BCUT2D eigenvalue weighted by Gasteiger charge is -2.33. The zero-order chi connectivity index (χ0) is 18.4. The highest BCUT2D eigenvalue weighted by atomic mass is 16.5. The van der Waals surface area contributed by atoms with Gasteiger partial charge in [0.2, 0.25) is 23.4 Å².